The van der Waals surface area contributed by atoms with Gasteiger partial charge in [0.15, 0.2) is 5.82 Å². The molecule has 1 aromatic carbocycles. The lowest BCUT2D eigenvalue weighted by atomic mass is 10.1. The number of hydrogen-bond acceptors (Lipinski definition) is 5. The van der Waals surface area contributed by atoms with E-state index in [1.54, 1.807) is 4.90 Å². The highest BCUT2D eigenvalue weighted by Gasteiger charge is 2.18. The van der Waals surface area contributed by atoms with Crippen LogP contribution in [0.3, 0.4) is 0 Å². The first-order valence-corrected chi connectivity index (χ1v) is 7.74. The maximum atomic E-state index is 12.3. The smallest absolute Gasteiger partial charge is 0.322 e. The van der Waals surface area contributed by atoms with E-state index in [9.17, 15) is 4.79 Å². The number of nitrogens with one attached hydrogen (secondary N) is 1. The van der Waals surface area contributed by atoms with E-state index in [1.165, 1.54) is 0 Å². The Hall–Kier alpha value is -2.41. The molecule has 1 aliphatic rings. The van der Waals surface area contributed by atoms with Crippen LogP contribution in [-0.4, -0.2) is 47.4 Å². The number of urea groups is 1. The molecule has 0 saturated carbocycles. The first-order valence-electron chi connectivity index (χ1n) is 7.74. The van der Waals surface area contributed by atoms with Gasteiger partial charge < -0.3 is 19.5 Å². The number of aromatic nitrogens is 2. The first kappa shape index (κ1) is 15.5. The van der Waals surface area contributed by atoms with Crippen molar-refractivity contribution >= 4 is 11.7 Å². The van der Waals surface area contributed by atoms with Crippen molar-refractivity contribution in [2.75, 3.05) is 31.6 Å². The Bertz CT molecular complexity index is 692. The Morgan fingerprint density at radius 2 is 2.13 bits per heavy atom. The van der Waals surface area contributed by atoms with E-state index >= 15 is 0 Å². The third-order valence-electron chi connectivity index (χ3n) is 3.81. The topological polar surface area (TPSA) is 80.5 Å². The second-order valence-electron chi connectivity index (χ2n) is 5.43. The molecule has 0 atom stereocenters. The van der Waals surface area contributed by atoms with E-state index in [0.29, 0.717) is 38.0 Å². The third kappa shape index (κ3) is 3.50. The van der Waals surface area contributed by atoms with Gasteiger partial charge in [-0.25, -0.2) is 4.79 Å². The van der Waals surface area contributed by atoms with E-state index < -0.39 is 0 Å². The number of amides is 2. The molecule has 7 nitrogen and oxygen atoms in total. The largest absolute Gasteiger partial charge is 0.378 e. The number of aryl methyl sites for hydroxylation is 2. The molecule has 2 aromatic rings. The zero-order chi connectivity index (χ0) is 16.2. The molecule has 1 aromatic heterocycles. The summed E-state index contributed by atoms with van der Waals surface area (Å²) in [6.45, 7) is 6.28. The highest BCUT2D eigenvalue weighted by molar-refractivity contribution is 5.91. The van der Waals surface area contributed by atoms with Crippen molar-refractivity contribution < 1.29 is 14.1 Å². The highest BCUT2D eigenvalue weighted by atomic mass is 16.5. The van der Waals surface area contributed by atoms with Crippen molar-refractivity contribution in [1.82, 2.24) is 15.0 Å². The molecule has 1 saturated heterocycles. The van der Waals surface area contributed by atoms with Crippen LogP contribution in [0.5, 0.6) is 0 Å². The quantitative estimate of drug-likeness (QED) is 0.941. The van der Waals surface area contributed by atoms with Crippen molar-refractivity contribution in [3.8, 4) is 11.5 Å². The van der Waals surface area contributed by atoms with Crippen LogP contribution >= 0.6 is 0 Å². The number of ether oxygens (including phenoxy) is 1. The molecule has 0 radical (unpaired) electrons. The van der Waals surface area contributed by atoms with Gasteiger partial charge in [0.1, 0.15) is 0 Å². The Labute approximate surface area is 134 Å². The Kier molecular flexibility index (Phi) is 4.57. The van der Waals surface area contributed by atoms with Gasteiger partial charge in [-0.2, -0.15) is 4.98 Å². The number of rotatable bonds is 3. The second kappa shape index (κ2) is 6.78. The van der Waals surface area contributed by atoms with Crippen LogP contribution in [0.1, 0.15) is 18.3 Å². The highest BCUT2D eigenvalue weighted by Crippen LogP contribution is 2.24. The predicted molar refractivity (Wildman–Crippen MR) is 85.3 cm³/mol. The summed E-state index contributed by atoms with van der Waals surface area (Å²) in [6, 6.07) is 5.58. The van der Waals surface area contributed by atoms with E-state index in [-0.39, 0.29) is 6.03 Å². The number of nitrogens with zero attached hydrogens (tertiary/aromatic N) is 3. The SMILES string of the molecule is CCc1noc(-c2ccc(C)c(NC(=O)N3CCOCC3)c2)n1. The summed E-state index contributed by atoms with van der Waals surface area (Å²) < 4.78 is 10.5. The maximum Gasteiger partial charge on any atom is 0.322 e. The Morgan fingerprint density at radius 1 is 1.35 bits per heavy atom. The van der Waals surface area contributed by atoms with Crippen molar-refractivity contribution in [3.63, 3.8) is 0 Å². The van der Waals surface area contributed by atoms with Gasteiger partial charge in [-0.3, -0.25) is 0 Å². The molecule has 2 amide bonds. The number of carbonyl (C=O) groups is 1. The van der Waals surface area contributed by atoms with Crippen LogP contribution in [-0.2, 0) is 11.2 Å². The fraction of sp³-hybridized carbons (Fsp3) is 0.438. The third-order valence-corrected chi connectivity index (χ3v) is 3.81. The Balaban J connectivity index is 1.78. The summed E-state index contributed by atoms with van der Waals surface area (Å²) >= 11 is 0. The number of carbonyl (C=O) groups excluding carboxylic acids is 1. The van der Waals surface area contributed by atoms with Gasteiger partial charge in [0, 0.05) is 30.8 Å². The minimum atomic E-state index is -0.117. The average molecular weight is 316 g/mol. The zero-order valence-corrected chi connectivity index (χ0v) is 13.3. The van der Waals surface area contributed by atoms with Gasteiger partial charge in [-0.05, 0) is 24.6 Å². The lowest BCUT2D eigenvalue weighted by Gasteiger charge is -2.27. The molecule has 1 aliphatic heterocycles. The lowest BCUT2D eigenvalue weighted by molar-refractivity contribution is 0.0564. The molecule has 2 heterocycles. The zero-order valence-electron chi connectivity index (χ0n) is 13.3. The minimum absolute atomic E-state index is 0.117. The molecule has 0 unspecified atom stereocenters. The maximum absolute atomic E-state index is 12.3. The summed E-state index contributed by atoms with van der Waals surface area (Å²) in [6.07, 6.45) is 0.718. The molecule has 3 rings (SSSR count). The Morgan fingerprint density at radius 3 is 2.83 bits per heavy atom. The van der Waals surface area contributed by atoms with E-state index in [0.717, 1.165) is 23.2 Å². The molecule has 0 bridgehead atoms. The summed E-state index contributed by atoms with van der Waals surface area (Å²) in [5.74, 6) is 1.13. The van der Waals surface area contributed by atoms with Crippen LogP contribution in [0.15, 0.2) is 22.7 Å². The number of anilines is 1. The summed E-state index contributed by atoms with van der Waals surface area (Å²) in [4.78, 5) is 18.4. The van der Waals surface area contributed by atoms with Gasteiger partial charge in [0.05, 0.1) is 13.2 Å². The molecular formula is C16H20N4O3. The van der Waals surface area contributed by atoms with Gasteiger partial charge in [0.25, 0.3) is 5.89 Å². The predicted octanol–water partition coefficient (Wildman–Crippen LogP) is 2.47. The number of hydrogen-bond donors (Lipinski definition) is 1. The van der Waals surface area contributed by atoms with Crippen LogP contribution in [0, 0.1) is 6.92 Å². The first-order chi connectivity index (χ1) is 11.2. The molecule has 7 heteroatoms. The van der Waals surface area contributed by atoms with Crippen molar-refractivity contribution in [2.45, 2.75) is 20.3 Å². The molecule has 0 spiro atoms. The molecule has 122 valence electrons. The molecule has 0 aliphatic carbocycles. The van der Waals surface area contributed by atoms with Gasteiger partial charge >= 0.3 is 6.03 Å². The second-order valence-corrected chi connectivity index (χ2v) is 5.43. The molecule has 1 fully saturated rings. The van der Waals surface area contributed by atoms with E-state index in [4.69, 9.17) is 9.26 Å². The van der Waals surface area contributed by atoms with Gasteiger partial charge in [-0.1, -0.05) is 18.1 Å². The van der Waals surface area contributed by atoms with Crippen molar-refractivity contribution in [1.29, 1.82) is 0 Å². The summed E-state index contributed by atoms with van der Waals surface area (Å²) in [5.41, 5.74) is 2.51. The number of morpholine rings is 1. The van der Waals surface area contributed by atoms with Crippen molar-refractivity contribution in [2.24, 2.45) is 0 Å². The molecule has 1 N–H and O–H groups in total. The monoisotopic (exact) mass is 316 g/mol. The molecule has 23 heavy (non-hydrogen) atoms. The molecular weight excluding hydrogens is 296 g/mol. The fourth-order valence-electron chi connectivity index (χ4n) is 2.37. The van der Waals surface area contributed by atoms with Crippen LogP contribution in [0.25, 0.3) is 11.5 Å². The average Bonchev–Trinajstić information content (AvgIpc) is 3.07. The van der Waals surface area contributed by atoms with Gasteiger partial charge in [-0.15, -0.1) is 0 Å². The van der Waals surface area contributed by atoms with Gasteiger partial charge in [0.2, 0.25) is 0 Å². The fourth-order valence-corrected chi connectivity index (χ4v) is 2.37. The van der Waals surface area contributed by atoms with Crippen LogP contribution in [0.2, 0.25) is 0 Å². The summed E-state index contributed by atoms with van der Waals surface area (Å²) in [7, 11) is 0. The summed E-state index contributed by atoms with van der Waals surface area (Å²) in [5, 5.41) is 6.85. The normalized spacial score (nSPS) is 14.8. The lowest BCUT2D eigenvalue weighted by Crippen LogP contribution is -2.43. The van der Waals surface area contributed by atoms with Crippen LogP contribution < -0.4 is 5.32 Å². The minimum Gasteiger partial charge on any atom is -0.378 e. The standard InChI is InChI=1S/C16H20N4O3/c1-3-14-18-15(23-19-14)12-5-4-11(2)13(10-12)17-16(21)20-6-8-22-9-7-20/h4-5,10H,3,6-9H2,1-2H3,(H,17,21). The van der Waals surface area contributed by atoms with E-state index in [2.05, 4.69) is 15.5 Å². The van der Waals surface area contributed by atoms with E-state index in [1.807, 2.05) is 32.0 Å². The number of benzene rings is 1. The van der Waals surface area contributed by atoms with Crippen molar-refractivity contribution in [3.05, 3.63) is 29.6 Å². The van der Waals surface area contributed by atoms with Crippen LogP contribution in [0.4, 0.5) is 10.5 Å².